The van der Waals surface area contributed by atoms with Crippen LogP contribution >= 0.6 is 23.1 Å². The van der Waals surface area contributed by atoms with Gasteiger partial charge >= 0.3 is 0 Å². The van der Waals surface area contributed by atoms with E-state index in [2.05, 4.69) is 0 Å². The van der Waals surface area contributed by atoms with E-state index in [9.17, 15) is 9.59 Å². The topological polar surface area (TPSA) is 40.6 Å². The maximum atomic E-state index is 13.2. The van der Waals surface area contributed by atoms with Crippen LogP contribution in [0, 0.1) is 0 Å². The second-order valence-corrected chi connectivity index (χ2v) is 8.18. The Balaban J connectivity index is 1.67. The van der Waals surface area contributed by atoms with Gasteiger partial charge in [0.2, 0.25) is 5.91 Å². The highest BCUT2D eigenvalue weighted by Crippen LogP contribution is 2.56. The van der Waals surface area contributed by atoms with Gasteiger partial charge in [0.05, 0.1) is 12.2 Å². The van der Waals surface area contributed by atoms with Gasteiger partial charge in [0.15, 0.2) is 4.87 Å². The van der Waals surface area contributed by atoms with Crippen molar-refractivity contribution in [2.45, 2.75) is 29.2 Å². The quantitative estimate of drug-likeness (QED) is 0.857. The molecule has 0 radical (unpaired) electrons. The Kier molecular flexibility index (Phi) is 3.46. The summed E-state index contributed by atoms with van der Waals surface area (Å²) in [5.74, 6) is 0.0540. The van der Waals surface area contributed by atoms with Gasteiger partial charge in [0.1, 0.15) is 0 Å². The molecule has 4 nitrogen and oxygen atoms in total. The molecule has 1 unspecified atom stereocenters. The monoisotopic (exact) mass is 344 g/mol. The van der Waals surface area contributed by atoms with Crippen molar-refractivity contribution in [3.63, 3.8) is 0 Å². The van der Waals surface area contributed by atoms with Crippen LogP contribution < -0.4 is 4.90 Å². The second-order valence-electron chi connectivity index (χ2n) is 5.82. The lowest BCUT2D eigenvalue weighted by Gasteiger charge is -2.33. The molecule has 0 spiro atoms. The Morgan fingerprint density at radius 2 is 2.13 bits per heavy atom. The fourth-order valence-corrected chi connectivity index (χ4v) is 5.56. The van der Waals surface area contributed by atoms with Crippen LogP contribution in [0.25, 0.3) is 0 Å². The molecule has 4 rings (SSSR count). The number of carbonyl (C=O) groups excluding carboxylic acids is 2. The lowest BCUT2D eigenvalue weighted by Crippen LogP contribution is -2.52. The van der Waals surface area contributed by atoms with Crippen molar-refractivity contribution in [1.29, 1.82) is 0 Å². The first kappa shape index (κ1) is 14.8. The van der Waals surface area contributed by atoms with Gasteiger partial charge in [-0.05, 0) is 30.0 Å². The minimum atomic E-state index is -0.799. The molecule has 0 bridgehead atoms. The molecule has 2 amide bonds. The second kappa shape index (κ2) is 5.39. The minimum absolute atomic E-state index is 0.0120. The zero-order valence-corrected chi connectivity index (χ0v) is 14.3. The van der Waals surface area contributed by atoms with Crippen molar-refractivity contribution >= 4 is 40.6 Å². The summed E-state index contributed by atoms with van der Waals surface area (Å²) in [4.78, 5) is 30.4. The number of anilines is 1. The van der Waals surface area contributed by atoms with Gasteiger partial charge in [-0.2, -0.15) is 0 Å². The van der Waals surface area contributed by atoms with Crippen LogP contribution in [0.2, 0.25) is 0 Å². The van der Waals surface area contributed by atoms with E-state index < -0.39 is 4.87 Å². The molecule has 1 atom stereocenters. The van der Waals surface area contributed by atoms with Crippen LogP contribution in [-0.2, 0) is 16.1 Å². The number of nitrogens with zero attached hydrogens (tertiary/aromatic N) is 2. The number of rotatable bonds is 3. The molecule has 2 aliphatic rings. The first-order chi connectivity index (χ1) is 11.1. The standard InChI is InChI=1S/C17H16N2O2S2/c1-18(11-12-5-4-10-22-12)16(21)17-9-8-15(20)19(17)13-6-2-3-7-14(13)23-17/h2-7,10H,8-9,11H2,1H3. The first-order valence-corrected chi connectivity index (χ1v) is 9.20. The van der Waals surface area contributed by atoms with Gasteiger partial charge in [-0.3, -0.25) is 14.5 Å². The Hall–Kier alpha value is -1.79. The van der Waals surface area contributed by atoms with Gasteiger partial charge in [-0.15, -0.1) is 11.3 Å². The fourth-order valence-electron chi connectivity index (χ4n) is 3.29. The number of hydrogen-bond donors (Lipinski definition) is 0. The number of benzene rings is 1. The van der Waals surface area contributed by atoms with Crippen LogP contribution in [0.1, 0.15) is 17.7 Å². The van der Waals surface area contributed by atoms with Crippen LogP contribution in [0.3, 0.4) is 0 Å². The highest BCUT2D eigenvalue weighted by atomic mass is 32.2. The smallest absolute Gasteiger partial charge is 0.259 e. The number of amides is 2. The van der Waals surface area contributed by atoms with E-state index >= 15 is 0 Å². The molecule has 0 saturated carbocycles. The van der Waals surface area contributed by atoms with E-state index in [4.69, 9.17) is 0 Å². The largest absolute Gasteiger partial charge is 0.338 e. The number of hydrogen-bond acceptors (Lipinski definition) is 4. The Morgan fingerprint density at radius 3 is 2.91 bits per heavy atom. The van der Waals surface area contributed by atoms with Gasteiger partial charge < -0.3 is 4.90 Å². The predicted octanol–water partition coefficient (Wildman–Crippen LogP) is 3.34. The average Bonchev–Trinajstić information content (AvgIpc) is 3.23. The van der Waals surface area contributed by atoms with Crippen LogP contribution in [0.5, 0.6) is 0 Å². The summed E-state index contributed by atoms with van der Waals surface area (Å²) in [5, 5.41) is 2.01. The number of para-hydroxylation sites is 1. The van der Waals surface area contributed by atoms with Gasteiger partial charge in [-0.25, -0.2) is 0 Å². The summed E-state index contributed by atoms with van der Waals surface area (Å²) >= 11 is 3.17. The molecular weight excluding hydrogens is 328 g/mol. The third kappa shape index (κ3) is 2.20. The van der Waals surface area contributed by atoms with Crippen molar-refractivity contribution in [2.75, 3.05) is 11.9 Å². The summed E-state index contributed by atoms with van der Waals surface area (Å²) in [5.41, 5.74) is 0.873. The van der Waals surface area contributed by atoms with Crippen molar-refractivity contribution in [1.82, 2.24) is 4.90 Å². The molecule has 2 aliphatic heterocycles. The van der Waals surface area contributed by atoms with Crippen LogP contribution in [0.4, 0.5) is 5.69 Å². The number of carbonyl (C=O) groups is 2. The molecule has 2 aromatic rings. The zero-order chi connectivity index (χ0) is 16.0. The molecule has 1 saturated heterocycles. The number of likely N-dealkylation sites (N-methyl/N-ethyl adjacent to an activating group) is 1. The highest BCUT2D eigenvalue weighted by Gasteiger charge is 2.58. The molecular formula is C17H16N2O2S2. The van der Waals surface area contributed by atoms with E-state index in [1.54, 1.807) is 21.1 Å². The van der Waals surface area contributed by atoms with E-state index in [0.717, 1.165) is 15.5 Å². The van der Waals surface area contributed by atoms with E-state index in [0.29, 0.717) is 19.4 Å². The average molecular weight is 344 g/mol. The fraction of sp³-hybridized carbons (Fsp3) is 0.294. The van der Waals surface area contributed by atoms with Crippen LogP contribution in [0.15, 0.2) is 46.7 Å². The van der Waals surface area contributed by atoms with Crippen molar-refractivity contribution in [3.05, 3.63) is 46.7 Å². The Labute approximate surface area is 143 Å². The molecule has 23 heavy (non-hydrogen) atoms. The number of thiophene rings is 1. The molecule has 3 heterocycles. The number of thioether (sulfide) groups is 1. The molecule has 1 fully saturated rings. The third-order valence-corrected chi connectivity index (χ3v) is 6.65. The van der Waals surface area contributed by atoms with Gasteiger partial charge in [-0.1, -0.05) is 30.0 Å². The maximum absolute atomic E-state index is 13.2. The summed E-state index contributed by atoms with van der Waals surface area (Å²) in [6.45, 7) is 0.581. The first-order valence-electron chi connectivity index (χ1n) is 7.51. The molecule has 6 heteroatoms. The number of fused-ring (bicyclic) bond motifs is 3. The normalized spacial score (nSPS) is 22.1. The molecule has 0 N–H and O–H groups in total. The van der Waals surface area contributed by atoms with E-state index in [1.165, 1.54) is 11.8 Å². The molecule has 1 aromatic carbocycles. The zero-order valence-electron chi connectivity index (χ0n) is 12.7. The van der Waals surface area contributed by atoms with Gasteiger partial charge in [0.25, 0.3) is 5.91 Å². The van der Waals surface area contributed by atoms with Crippen LogP contribution in [-0.4, -0.2) is 28.6 Å². The van der Waals surface area contributed by atoms with Crippen molar-refractivity contribution in [3.8, 4) is 0 Å². The Bertz CT molecular complexity index is 775. The minimum Gasteiger partial charge on any atom is -0.338 e. The summed E-state index contributed by atoms with van der Waals surface area (Å²) in [6, 6.07) is 11.8. The molecule has 118 valence electrons. The SMILES string of the molecule is CN(Cc1cccs1)C(=O)C12CCC(=O)N1c1ccccc1S2. The summed E-state index contributed by atoms with van der Waals surface area (Å²) in [7, 11) is 1.82. The maximum Gasteiger partial charge on any atom is 0.259 e. The lowest BCUT2D eigenvalue weighted by molar-refractivity contribution is -0.133. The van der Waals surface area contributed by atoms with E-state index in [-0.39, 0.29) is 11.8 Å². The van der Waals surface area contributed by atoms with Crippen molar-refractivity contribution in [2.24, 2.45) is 0 Å². The van der Waals surface area contributed by atoms with Gasteiger partial charge in [0, 0.05) is 23.2 Å². The Morgan fingerprint density at radius 1 is 1.30 bits per heavy atom. The molecule has 1 aromatic heterocycles. The predicted molar refractivity (Wildman–Crippen MR) is 92.5 cm³/mol. The summed E-state index contributed by atoms with van der Waals surface area (Å²) in [6.07, 6.45) is 0.999. The lowest BCUT2D eigenvalue weighted by atomic mass is 10.1. The van der Waals surface area contributed by atoms with Crippen molar-refractivity contribution < 1.29 is 9.59 Å². The van der Waals surface area contributed by atoms with E-state index in [1.807, 2.05) is 48.8 Å². The summed E-state index contributed by atoms with van der Waals surface area (Å²) < 4.78 is 0. The molecule has 0 aliphatic carbocycles. The third-order valence-electron chi connectivity index (χ3n) is 4.33. The highest BCUT2D eigenvalue weighted by molar-refractivity contribution is 8.02.